The first-order chi connectivity index (χ1) is 7.81. The van der Waals surface area contributed by atoms with E-state index in [1.165, 1.54) is 12.3 Å². The van der Waals surface area contributed by atoms with Crippen molar-refractivity contribution in [1.82, 2.24) is 4.98 Å². The predicted molar refractivity (Wildman–Crippen MR) is 66.5 cm³/mol. The Labute approximate surface area is 108 Å². The lowest BCUT2D eigenvalue weighted by atomic mass is 10.2. The van der Waals surface area contributed by atoms with Gasteiger partial charge in [0, 0.05) is 6.20 Å². The first kappa shape index (κ1) is 13.5. The molecule has 0 saturated carbocycles. The molecule has 1 rings (SSSR count). The third-order valence-electron chi connectivity index (χ3n) is 1.60. The summed E-state index contributed by atoms with van der Waals surface area (Å²) in [6, 6.07) is 3.44. The first-order valence-electron chi connectivity index (χ1n) is 4.87. The summed E-state index contributed by atoms with van der Waals surface area (Å²) >= 11 is 3.18. The lowest BCUT2D eigenvalue weighted by molar-refractivity contribution is 0.0635. The molecule has 0 aliphatic rings. The average molecular weight is 298 g/mol. The Morgan fingerprint density at radius 3 is 2.76 bits per heavy atom. The Balaban J connectivity index is 2.77. The topological polar surface area (TPSA) is 75.0 Å². The van der Waals surface area contributed by atoms with Crippen LogP contribution in [-0.2, 0) is 4.74 Å². The number of anilines is 1. The van der Waals surface area contributed by atoms with Crippen LogP contribution in [-0.4, -0.2) is 16.7 Å². The van der Waals surface area contributed by atoms with E-state index in [1.807, 2.05) is 6.07 Å². The van der Waals surface area contributed by atoms with E-state index in [-0.39, 0.29) is 5.82 Å². The van der Waals surface area contributed by atoms with E-state index in [2.05, 4.69) is 26.2 Å². The number of pyridine rings is 1. The Hall–Kier alpha value is -1.61. The summed E-state index contributed by atoms with van der Waals surface area (Å²) in [5.74, 6) is 0.277. The number of hydrogen-bond donors (Lipinski definition) is 1. The zero-order chi connectivity index (χ0) is 13.1. The monoisotopic (exact) mass is 297 g/mol. The van der Waals surface area contributed by atoms with Crippen LogP contribution in [0.1, 0.15) is 26.3 Å². The molecule has 1 amide bonds. The molecule has 0 saturated heterocycles. The minimum Gasteiger partial charge on any atom is -0.444 e. The molecule has 90 valence electrons. The summed E-state index contributed by atoms with van der Waals surface area (Å²) in [6.45, 7) is 5.30. The highest BCUT2D eigenvalue weighted by atomic mass is 79.9. The standard InChI is InChI=1S/C11H12BrN3O2/c1-11(2,3)17-10(16)15-9-4-7(5-13)8(12)6-14-9/h4,6H,1-3H3,(H,14,15,16). The SMILES string of the molecule is CC(C)(C)OC(=O)Nc1cc(C#N)c(Br)cn1. The third-order valence-corrected chi connectivity index (χ3v) is 2.24. The highest BCUT2D eigenvalue weighted by molar-refractivity contribution is 9.10. The van der Waals surface area contributed by atoms with Gasteiger partial charge in [0.2, 0.25) is 0 Å². The van der Waals surface area contributed by atoms with Gasteiger partial charge in [-0.05, 0) is 42.8 Å². The van der Waals surface area contributed by atoms with Crippen LogP contribution in [0.2, 0.25) is 0 Å². The summed E-state index contributed by atoms with van der Waals surface area (Å²) in [6.07, 6.45) is 0.849. The molecule has 0 aliphatic heterocycles. The summed E-state index contributed by atoms with van der Waals surface area (Å²) in [4.78, 5) is 15.4. The van der Waals surface area contributed by atoms with Gasteiger partial charge in [0.1, 0.15) is 17.5 Å². The van der Waals surface area contributed by atoms with Crippen LogP contribution < -0.4 is 5.32 Å². The first-order valence-corrected chi connectivity index (χ1v) is 5.67. The van der Waals surface area contributed by atoms with E-state index in [9.17, 15) is 4.79 Å². The number of halogens is 1. The Bertz CT molecular complexity index is 475. The molecule has 0 bridgehead atoms. The molecular weight excluding hydrogens is 286 g/mol. The quantitative estimate of drug-likeness (QED) is 0.864. The number of carbonyl (C=O) groups excluding carboxylic acids is 1. The second kappa shape index (κ2) is 5.15. The largest absolute Gasteiger partial charge is 0.444 e. The van der Waals surface area contributed by atoms with Gasteiger partial charge >= 0.3 is 6.09 Å². The minimum absolute atomic E-state index is 0.277. The fraction of sp³-hybridized carbons (Fsp3) is 0.364. The highest BCUT2D eigenvalue weighted by Crippen LogP contribution is 2.18. The molecule has 0 spiro atoms. The van der Waals surface area contributed by atoms with Gasteiger partial charge in [-0.25, -0.2) is 9.78 Å². The van der Waals surface area contributed by atoms with Crippen molar-refractivity contribution in [3.63, 3.8) is 0 Å². The van der Waals surface area contributed by atoms with Crippen molar-refractivity contribution in [3.8, 4) is 6.07 Å². The maximum absolute atomic E-state index is 11.4. The fourth-order valence-electron chi connectivity index (χ4n) is 1.00. The number of amides is 1. The number of nitriles is 1. The molecule has 5 nitrogen and oxygen atoms in total. The lowest BCUT2D eigenvalue weighted by Crippen LogP contribution is -2.27. The van der Waals surface area contributed by atoms with E-state index in [4.69, 9.17) is 10.00 Å². The molecule has 1 aromatic heterocycles. The number of ether oxygens (including phenoxy) is 1. The number of aromatic nitrogens is 1. The summed E-state index contributed by atoms with van der Waals surface area (Å²) in [5, 5.41) is 11.3. The van der Waals surface area contributed by atoms with Crippen molar-refractivity contribution in [3.05, 3.63) is 22.3 Å². The van der Waals surface area contributed by atoms with Crippen molar-refractivity contribution in [2.75, 3.05) is 5.32 Å². The molecular formula is C11H12BrN3O2. The van der Waals surface area contributed by atoms with Crippen LogP contribution in [0.15, 0.2) is 16.7 Å². The van der Waals surface area contributed by atoms with Crippen LogP contribution in [0.4, 0.5) is 10.6 Å². The molecule has 0 fully saturated rings. The van der Waals surface area contributed by atoms with Crippen LogP contribution in [0.3, 0.4) is 0 Å². The van der Waals surface area contributed by atoms with Gasteiger partial charge in [-0.3, -0.25) is 5.32 Å². The van der Waals surface area contributed by atoms with Gasteiger partial charge < -0.3 is 4.74 Å². The summed E-state index contributed by atoms with van der Waals surface area (Å²) in [7, 11) is 0. The van der Waals surface area contributed by atoms with E-state index >= 15 is 0 Å². The van der Waals surface area contributed by atoms with Gasteiger partial charge in [-0.1, -0.05) is 0 Å². The van der Waals surface area contributed by atoms with Crippen LogP contribution in [0.25, 0.3) is 0 Å². The molecule has 1 N–H and O–H groups in total. The second-order valence-electron chi connectivity index (χ2n) is 4.29. The molecule has 0 unspecified atom stereocenters. The molecule has 17 heavy (non-hydrogen) atoms. The Kier molecular flexibility index (Phi) is 4.07. The third kappa shape index (κ3) is 4.41. The average Bonchev–Trinajstić information content (AvgIpc) is 2.18. The number of nitrogens with one attached hydrogen (secondary N) is 1. The van der Waals surface area contributed by atoms with Crippen molar-refractivity contribution in [2.24, 2.45) is 0 Å². The van der Waals surface area contributed by atoms with E-state index in [0.717, 1.165) is 0 Å². The lowest BCUT2D eigenvalue weighted by Gasteiger charge is -2.19. The molecule has 0 aromatic carbocycles. The van der Waals surface area contributed by atoms with E-state index in [1.54, 1.807) is 20.8 Å². The van der Waals surface area contributed by atoms with Gasteiger partial charge in [-0.2, -0.15) is 5.26 Å². The normalized spacial score (nSPS) is 10.5. The molecule has 0 atom stereocenters. The van der Waals surface area contributed by atoms with Gasteiger partial charge in [0.05, 0.1) is 10.0 Å². The van der Waals surface area contributed by atoms with Crippen LogP contribution in [0, 0.1) is 11.3 Å². The summed E-state index contributed by atoms with van der Waals surface area (Å²) < 4.78 is 5.64. The van der Waals surface area contributed by atoms with Gasteiger partial charge in [0.25, 0.3) is 0 Å². The second-order valence-corrected chi connectivity index (χ2v) is 5.14. The van der Waals surface area contributed by atoms with Crippen LogP contribution >= 0.6 is 15.9 Å². The summed E-state index contributed by atoms with van der Waals surface area (Å²) in [5.41, 5.74) is -0.177. The van der Waals surface area contributed by atoms with Crippen molar-refractivity contribution < 1.29 is 9.53 Å². The predicted octanol–water partition coefficient (Wildman–Crippen LogP) is 3.06. The Morgan fingerprint density at radius 2 is 2.24 bits per heavy atom. The smallest absolute Gasteiger partial charge is 0.413 e. The maximum Gasteiger partial charge on any atom is 0.413 e. The molecule has 0 radical (unpaired) electrons. The zero-order valence-electron chi connectivity index (χ0n) is 9.74. The van der Waals surface area contributed by atoms with E-state index < -0.39 is 11.7 Å². The van der Waals surface area contributed by atoms with Gasteiger partial charge in [0.15, 0.2) is 0 Å². The zero-order valence-corrected chi connectivity index (χ0v) is 11.3. The molecule has 6 heteroatoms. The van der Waals surface area contributed by atoms with Crippen molar-refractivity contribution in [1.29, 1.82) is 5.26 Å². The number of hydrogen-bond acceptors (Lipinski definition) is 4. The van der Waals surface area contributed by atoms with Crippen molar-refractivity contribution >= 4 is 27.8 Å². The van der Waals surface area contributed by atoms with Crippen molar-refractivity contribution in [2.45, 2.75) is 26.4 Å². The Morgan fingerprint density at radius 1 is 1.59 bits per heavy atom. The fourth-order valence-corrected chi connectivity index (χ4v) is 1.31. The number of rotatable bonds is 1. The minimum atomic E-state index is -0.601. The number of carbonyl (C=O) groups is 1. The van der Waals surface area contributed by atoms with Gasteiger partial charge in [-0.15, -0.1) is 0 Å². The molecule has 1 heterocycles. The molecule has 1 aromatic rings. The van der Waals surface area contributed by atoms with E-state index in [0.29, 0.717) is 10.0 Å². The highest BCUT2D eigenvalue weighted by Gasteiger charge is 2.16. The molecule has 0 aliphatic carbocycles. The van der Waals surface area contributed by atoms with Crippen LogP contribution in [0.5, 0.6) is 0 Å². The number of nitrogens with zero attached hydrogens (tertiary/aromatic N) is 2. The maximum atomic E-state index is 11.4.